The van der Waals surface area contributed by atoms with Crippen LogP contribution in [0.15, 0.2) is 59.6 Å². The molecule has 0 spiro atoms. The van der Waals surface area contributed by atoms with Crippen LogP contribution in [0, 0.1) is 0 Å². The first kappa shape index (κ1) is 32.8. The van der Waals surface area contributed by atoms with E-state index in [9.17, 15) is 9.59 Å². The number of imidazole rings is 1. The lowest BCUT2D eigenvalue weighted by atomic mass is 10.0. The van der Waals surface area contributed by atoms with Gasteiger partial charge in [-0.1, -0.05) is 37.6 Å². The number of unbranched alkanes of at least 4 members (excludes halogenated alkanes) is 1. The van der Waals surface area contributed by atoms with Gasteiger partial charge in [0.2, 0.25) is 0 Å². The van der Waals surface area contributed by atoms with Crippen molar-refractivity contribution in [2.24, 2.45) is 10.7 Å². The van der Waals surface area contributed by atoms with E-state index >= 15 is 0 Å². The number of nitrogens with two attached hydrogens (primary N) is 1. The Bertz CT molecular complexity index is 1740. The fourth-order valence-electron chi connectivity index (χ4n) is 5.68. The first-order valence-electron chi connectivity index (χ1n) is 16.2. The number of hydrogen-bond acceptors (Lipinski definition) is 6. The molecule has 3 N–H and O–H groups in total. The number of H-pyrrole nitrogens is 1. The maximum Gasteiger partial charge on any atom is 0.410 e. The molecule has 5 rings (SSSR count). The van der Waals surface area contributed by atoms with E-state index in [1.54, 1.807) is 9.80 Å². The summed E-state index contributed by atoms with van der Waals surface area (Å²) < 4.78 is 11.0. The van der Waals surface area contributed by atoms with Crippen LogP contribution in [0.4, 0.5) is 15.3 Å². The second-order valence-corrected chi connectivity index (χ2v) is 13.2. The first-order valence-corrected chi connectivity index (χ1v) is 16.2. The number of carbonyl (C=O) groups excluding carboxylic acids is 2. The van der Waals surface area contributed by atoms with E-state index < -0.39 is 5.60 Å². The topological polar surface area (TPSA) is 126 Å². The van der Waals surface area contributed by atoms with E-state index in [4.69, 9.17) is 20.2 Å². The predicted octanol–water partition coefficient (Wildman–Crippen LogP) is 7.92. The van der Waals surface area contributed by atoms with Crippen LogP contribution in [0.25, 0.3) is 32.9 Å². The van der Waals surface area contributed by atoms with E-state index in [0.29, 0.717) is 25.5 Å². The Labute approximate surface area is 271 Å². The number of aliphatic imine (C=N–C) groups is 1. The number of hydrogen-bond donors (Lipinski definition) is 2. The Balaban J connectivity index is 1.32. The number of nitrogens with zero attached hydrogens (tertiary/aromatic N) is 4. The first-order chi connectivity index (χ1) is 21.9. The van der Waals surface area contributed by atoms with Gasteiger partial charge in [-0.25, -0.2) is 19.6 Å². The van der Waals surface area contributed by atoms with Crippen LogP contribution < -0.4 is 5.73 Å². The average molecular weight is 627 g/mol. The van der Waals surface area contributed by atoms with Gasteiger partial charge in [-0.15, -0.1) is 0 Å². The van der Waals surface area contributed by atoms with E-state index in [1.165, 1.54) is 0 Å². The van der Waals surface area contributed by atoms with Crippen molar-refractivity contribution in [1.29, 1.82) is 0 Å². The van der Waals surface area contributed by atoms with E-state index in [2.05, 4.69) is 47.2 Å². The summed E-state index contributed by atoms with van der Waals surface area (Å²) in [4.78, 5) is 41.6. The SMILES string of the molecule is CCCCN(Cc1nc2ccc(-c3ccc4cc(N=C(N)C5CCCN5C(=O)OC(C)C)ccc4c3)cc2[nH]1)C(=O)OC(C)(C)C. The van der Waals surface area contributed by atoms with Crippen LogP contribution in [-0.2, 0) is 16.0 Å². The minimum atomic E-state index is -0.561. The maximum atomic E-state index is 12.9. The highest BCUT2D eigenvalue weighted by atomic mass is 16.6. The number of aromatic amines is 1. The monoisotopic (exact) mass is 626 g/mol. The third-order valence-corrected chi connectivity index (χ3v) is 7.89. The molecule has 10 heteroatoms. The number of aromatic nitrogens is 2. The van der Waals surface area contributed by atoms with Gasteiger partial charge in [0.25, 0.3) is 0 Å². The smallest absolute Gasteiger partial charge is 0.410 e. The van der Waals surface area contributed by atoms with Crippen molar-refractivity contribution in [3.8, 4) is 11.1 Å². The molecule has 0 saturated carbocycles. The van der Waals surface area contributed by atoms with Gasteiger partial charge in [0.05, 0.1) is 35.4 Å². The summed E-state index contributed by atoms with van der Waals surface area (Å²) in [6, 6.07) is 18.2. The number of amides is 2. The maximum absolute atomic E-state index is 12.9. The molecule has 4 aromatic rings. The summed E-state index contributed by atoms with van der Waals surface area (Å²) in [5, 5.41) is 2.12. The molecule has 10 nitrogen and oxygen atoms in total. The van der Waals surface area contributed by atoms with Crippen molar-refractivity contribution in [1.82, 2.24) is 19.8 Å². The van der Waals surface area contributed by atoms with Gasteiger partial charge in [0.1, 0.15) is 17.3 Å². The predicted molar refractivity (Wildman–Crippen MR) is 183 cm³/mol. The van der Waals surface area contributed by atoms with Crippen LogP contribution in [0.2, 0.25) is 0 Å². The van der Waals surface area contributed by atoms with Crippen molar-refractivity contribution >= 4 is 45.5 Å². The van der Waals surface area contributed by atoms with E-state index in [1.807, 2.05) is 58.9 Å². The second-order valence-electron chi connectivity index (χ2n) is 13.2. The number of nitrogens with one attached hydrogen (secondary N) is 1. The van der Waals surface area contributed by atoms with E-state index in [0.717, 1.165) is 70.1 Å². The summed E-state index contributed by atoms with van der Waals surface area (Å²) in [5.41, 5.74) is 10.5. The van der Waals surface area contributed by atoms with Gasteiger partial charge in [-0.05, 0) is 106 Å². The standard InChI is InChI=1S/C36H46N6O4/c1-7-8-17-41(34(43)46-36(4,5)6)22-32-39-29-16-14-27(21-30(29)40-32)24-11-12-26-20-28(15-13-25(26)19-24)38-33(37)31-10-9-18-42(31)35(44)45-23(2)3/h11-16,19-21,23,31H,7-10,17-18,22H2,1-6H3,(H2,37,38)(H,39,40). The van der Waals surface area contributed by atoms with Crippen molar-refractivity contribution in [2.75, 3.05) is 13.1 Å². The Morgan fingerprint density at radius 2 is 1.80 bits per heavy atom. The lowest BCUT2D eigenvalue weighted by Crippen LogP contribution is -2.44. The van der Waals surface area contributed by atoms with Crippen LogP contribution in [0.3, 0.4) is 0 Å². The highest BCUT2D eigenvalue weighted by molar-refractivity contribution is 5.94. The molecule has 0 bridgehead atoms. The van der Waals surface area contributed by atoms with Gasteiger partial charge < -0.3 is 25.1 Å². The Morgan fingerprint density at radius 3 is 2.54 bits per heavy atom. The van der Waals surface area contributed by atoms with Crippen molar-refractivity contribution in [2.45, 2.75) is 91.5 Å². The molecule has 1 fully saturated rings. The summed E-state index contributed by atoms with van der Waals surface area (Å²) in [6.45, 7) is 13.0. The quantitative estimate of drug-likeness (QED) is 0.144. The molecule has 1 unspecified atom stereocenters. The largest absolute Gasteiger partial charge is 0.447 e. The van der Waals surface area contributed by atoms with Crippen LogP contribution in [0.5, 0.6) is 0 Å². The lowest BCUT2D eigenvalue weighted by molar-refractivity contribution is 0.0226. The second kappa shape index (κ2) is 13.8. The molecule has 1 aliphatic heterocycles. The van der Waals surface area contributed by atoms with Crippen LogP contribution in [0.1, 0.15) is 73.1 Å². The molecule has 2 heterocycles. The molecular weight excluding hydrogens is 580 g/mol. The molecular formula is C36H46N6O4. The third kappa shape index (κ3) is 7.97. The third-order valence-electron chi connectivity index (χ3n) is 7.89. The van der Waals surface area contributed by atoms with Crippen LogP contribution >= 0.6 is 0 Å². The zero-order chi connectivity index (χ0) is 33.0. The van der Waals surface area contributed by atoms with Gasteiger partial charge in [-0.2, -0.15) is 0 Å². The Morgan fingerprint density at radius 1 is 1.09 bits per heavy atom. The van der Waals surface area contributed by atoms with Crippen molar-refractivity contribution in [3.05, 3.63) is 60.4 Å². The van der Waals surface area contributed by atoms with Crippen molar-refractivity contribution in [3.63, 3.8) is 0 Å². The van der Waals surface area contributed by atoms with Gasteiger partial charge in [0.15, 0.2) is 0 Å². The molecule has 0 radical (unpaired) electrons. The van der Waals surface area contributed by atoms with E-state index in [-0.39, 0.29) is 24.3 Å². The Kier molecular flexibility index (Phi) is 9.84. The lowest BCUT2D eigenvalue weighted by Gasteiger charge is -2.26. The number of carbonyl (C=O) groups is 2. The minimum Gasteiger partial charge on any atom is -0.447 e. The van der Waals surface area contributed by atoms with Gasteiger partial charge in [-0.3, -0.25) is 4.90 Å². The van der Waals surface area contributed by atoms with Gasteiger partial charge in [0, 0.05) is 13.1 Å². The average Bonchev–Trinajstić information content (AvgIpc) is 3.65. The minimum absolute atomic E-state index is 0.187. The van der Waals surface area contributed by atoms with Crippen molar-refractivity contribution < 1.29 is 19.1 Å². The molecule has 1 aliphatic rings. The molecule has 1 saturated heterocycles. The highest BCUT2D eigenvalue weighted by Crippen LogP contribution is 2.30. The summed E-state index contributed by atoms with van der Waals surface area (Å²) in [6.07, 6.45) is 2.63. The number of likely N-dealkylation sites (tertiary alicyclic amines) is 1. The molecule has 1 aromatic heterocycles. The number of fused-ring (bicyclic) bond motifs is 2. The zero-order valence-corrected chi connectivity index (χ0v) is 27.8. The Hall–Kier alpha value is -4.60. The number of ether oxygens (including phenoxy) is 2. The molecule has 46 heavy (non-hydrogen) atoms. The van der Waals surface area contributed by atoms with Crippen LogP contribution in [-0.4, -0.2) is 68.6 Å². The molecule has 0 aliphatic carbocycles. The number of amidine groups is 1. The molecule has 3 aromatic carbocycles. The normalized spacial score (nSPS) is 15.6. The summed E-state index contributed by atoms with van der Waals surface area (Å²) in [5.74, 6) is 1.14. The zero-order valence-electron chi connectivity index (χ0n) is 27.8. The fourth-order valence-corrected chi connectivity index (χ4v) is 5.68. The summed E-state index contributed by atoms with van der Waals surface area (Å²) in [7, 11) is 0. The number of benzene rings is 3. The molecule has 2 amide bonds. The molecule has 244 valence electrons. The number of rotatable bonds is 9. The summed E-state index contributed by atoms with van der Waals surface area (Å²) >= 11 is 0. The van der Waals surface area contributed by atoms with Gasteiger partial charge >= 0.3 is 12.2 Å². The fraction of sp³-hybridized carbons (Fsp3) is 0.444. The highest BCUT2D eigenvalue weighted by Gasteiger charge is 2.33. The molecule has 1 atom stereocenters.